The molecule has 0 aliphatic heterocycles. The van der Waals surface area contributed by atoms with Gasteiger partial charge < -0.3 is 29.6 Å². The predicted octanol–water partition coefficient (Wildman–Crippen LogP) is 3.99. The summed E-state index contributed by atoms with van der Waals surface area (Å²) >= 11 is 0. The third-order valence-electron chi connectivity index (χ3n) is 6.29. The van der Waals surface area contributed by atoms with Crippen LogP contribution in [-0.4, -0.2) is 68.9 Å². The van der Waals surface area contributed by atoms with Gasteiger partial charge in [-0.2, -0.15) is 0 Å². The average Bonchev–Trinajstić information content (AvgIpc) is 3.06. The third kappa shape index (κ3) is 14.8. The molecule has 0 saturated carbocycles. The highest BCUT2D eigenvalue weighted by atomic mass is 16.5. The summed E-state index contributed by atoms with van der Waals surface area (Å²) in [5.41, 5.74) is 0.953. The first kappa shape index (κ1) is 38.0. The fraction of sp³-hybridized carbons (Fsp3) is 0.353. The van der Waals surface area contributed by atoms with Gasteiger partial charge in [-0.05, 0) is 57.4 Å². The first-order chi connectivity index (χ1) is 21.6. The number of Topliss-reactive ketones (excluding diaryl/α,β-unsaturated/α-hetero) is 1. The molecule has 0 saturated heterocycles. The summed E-state index contributed by atoms with van der Waals surface area (Å²) in [6, 6.07) is 15.8. The predicted molar refractivity (Wildman–Crippen MR) is 168 cm³/mol. The van der Waals surface area contributed by atoms with E-state index in [1.807, 2.05) is 25.1 Å². The van der Waals surface area contributed by atoms with Crippen molar-refractivity contribution in [2.45, 2.75) is 51.6 Å². The number of benzene rings is 2. The smallest absolute Gasteiger partial charge is 0.328 e. The summed E-state index contributed by atoms with van der Waals surface area (Å²) in [7, 11) is 3.82. The van der Waals surface area contributed by atoms with E-state index in [1.165, 1.54) is 28.3 Å². The Hall–Kier alpha value is -5.06. The van der Waals surface area contributed by atoms with Gasteiger partial charge in [-0.25, -0.2) is 9.59 Å². The number of hydrogen-bond acceptors (Lipinski definition) is 9. The molecule has 242 valence electrons. The number of rotatable bonds is 15. The summed E-state index contributed by atoms with van der Waals surface area (Å²) < 4.78 is 14.1. The van der Waals surface area contributed by atoms with E-state index in [2.05, 4.69) is 15.4 Å². The molecular formula is C34H42N2O9. The largest absolute Gasteiger partial charge is 0.469 e. The van der Waals surface area contributed by atoms with Gasteiger partial charge in [0.1, 0.15) is 17.9 Å². The molecule has 2 N–H and O–H groups in total. The molecule has 11 heteroatoms. The maximum Gasteiger partial charge on any atom is 0.328 e. The Balaban J connectivity index is 0.000000487. The van der Waals surface area contributed by atoms with Crippen molar-refractivity contribution < 1.29 is 43.0 Å². The third-order valence-corrected chi connectivity index (χ3v) is 6.29. The second kappa shape index (κ2) is 21.6. The van der Waals surface area contributed by atoms with Crippen LogP contribution >= 0.6 is 0 Å². The number of carbonyl (C=O) groups is 6. The Kier molecular flexibility index (Phi) is 18.2. The number of amides is 2. The molecule has 2 aromatic carbocycles. The van der Waals surface area contributed by atoms with Crippen molar-refractivity contribution in [3.63, 3.8) is 0 Å². The zero-order chi connectivity index (χ0) is 33.6. The molecule has 2 aromatic rings. The highest BCUT2D eigenvalue weighted by Gasteiger charge is 2.23. The van der Waals surface area contributed by atoms with Gasteiger partial charge in [0.15, 0.2) is 0 Å². The topological polar surface area (TPSA) is 154 Å². The fourth-order valence-electron chi connectivity index (χ4n) is 3.92. The second-order valence-corrected chi connectivity index (χ2v) is 9.70. The lowest BCUT2D eigenvalue weighted by Crippen LogP contribution is -2.41. The normalized spacial score (nSPS) is 12.6. The molecule has 0 spiro atoms. The molecule has 45 heavy (non-hydrogen) atoms. The maximum absolute atomic E-state index is 12.2. The van der Waals surface area contributed by atoms with Crippen molar-refractivity contribution in [2.24, 2.45) is 5.92 Å². The van der Waals surface area contributed by atoms with Crippen LogP contribution in [0.25, 0.3) is 0 Å². The lowest BCUT2D eigenvalue weighted by molar-refractivity contribution is -0.147. The molecule has 0 aliphatic carbocycles. The standard InChI is InChI=1S/C20H25NO6.C14H17NO3/c1-14(22)13-16(19(24)26-2)11-7-8-12-17(20(25)27-3)21-18(23)15-9-5-4-6-10-15;1-3-4-10-12(14(17)18-2)15-13(16)11-8-6-5-7-9-11/h4-10,16-17H,11-13H2,1-3H3,(H,21,23);3-9,12H,10H2,1-2H3,(H,15,16)/t16-,17+;12-/m10/s1. The molecule has 0 aromatic heterocycles. The number of nitrogens with one attached hydrogen (secondary N) is 2. The number of allylic oxidation sites excluding steroid dienone is 2. The monoisotopic (exact) mass is 622 g/mol. The van der Waals surface area contributed by atoms with Crippen molar-refractivity contribution >= 4 is 35.5 Å². The summed E-state index contributed by atoms with van der Waals surface area (Å²) in [5.74, 6) is -2.83. The van der Waals surface area contributed by atoms with Gasteiger partial charge in [-0.15, -0.1) is 0 Å². The molecular weight excluding hydrogens is 580 g/mol. The van der Waals surface area contributed by atoms with Crippen LogP contribution < -0.4 is 10.6 Å². The number of hydrogen-bond donors (Lipinski definition) is 2. The molecule has 11 nitrogen and oxygen atoms in total. The van der Waals surface area contributed by atoms with Gasteiger partial charge in [0.25, 0.3) is 11.8 Å². The average molecular weight is 623 g/mol. The first-order valence-electron chi connectivity index (χ1n) is 14.3. The van der Waals surface area contributed by atoms with E-state index in [-0.39, 0.29) is 30.4 Å². The molecule has 0 aliphatic rings. The van der Waals surface area contributed by atoms with E-state index in [0.29, 0.717) is 24.0 Å². The SMILES string of the molecule is CC=CC[C@H](NC(=O)c1ccccc1)C(=O)OC.COC(=O)[C@H](CC=CC[C@H](NC(=O)c1ccccc1)C(=O)OC)CC(C)=O. The van der Waals surface area contributed by atoms with Crippen molar-refractivity contribution in [1.29, 1.82) is 0 Å². The van der Waals surface area contributed by atoms with E-state index < -0.39 is 35.9 Å². The Morgan fingerprint density at radius 1 is 0.622 bits per heavy atom. The van der Waals surface area contributed by atoms with Gasteiger partial charge in [-0.3, -0.25) is 14.4 Å². The number of esters is 3. The summed E-state index contributed by atoms with van der Waals surface area (Å²) in [6.45, 7) is 3.26. The summed E-state index contributed by atoms with van der Waals surface area (Å²) in [6.07, 6.45) is 7.99. The zero-order valence-corrected chi connectivity index (χ0v) is 26.3. The van der Waals surface area contributed by atoms with Crippen LogP contribution in [0.5, 0.6) is 0 Å². The van der Waals surface area contributed by atoms with Gasteiger partial charge in [0.2, 0.25) is 0 Å². The lowest BCUT2D eigenvalue weighted by Gasteiger charge is -2.15. The molecule has 2 rings (SSSR count). The first-order valence-corrected chi connectivity index (χ1v) is 14.3. The minimum atomic E-state index is -0.858. The lowest BCUT2D eigenvalue weighted by atomic mass is 9.98. The maximum atomic E-state index is 12.2. The highest BCUT2D eigenvalue weighted by Crippen LogP contribution is 2.13. The highest BCUT2D eigenvalue weighted by molar-refractivity contribution is 5.97. The Morgan fingerprint density at radius 3 is 1.40 bits per heavy atom. The van der Waals surface area contributed by atoms with Gasteiger partial charge in [-0.1, -0.05) is 60.7 Å². The van der Waals surface area contributed by atoms with Crippen LogP contribution in [0.1, 0.15) is 60.2 Å². The van der Waals surface area contributed by atoms with E-state index in [4.69, 9.17) is 9.47 Å². The number of ether oxygens (including phenoxy) is 3. The zero-order valence-electron chi connectivity index (χ0n) is 26.3. The van der Waals surface area contributed by atoms with E-state index in [1.54, 1.807) is 66.7 Å². The molecule has 0 radical (unpaired) electrons. The van der Waals surface area contributed by atoms with Crippen molar-refractivity contribution in [3.8, 4) is 0 Å². The molecule has 0 fully saturated rings. The molecule has 3 atom stereocenters. The summed E-state index contributed by atoms with van der Waals surface area (Å²) in [4.78, 5) is 70.5. The fourth-order valence-corrected chi connectivity index (χ4v) is 3.92. The van der Waals surface area contributed by atoms with Crippen molar-refractivity contribution in [3.05, 3.63) is 96.1 Å². The van der Waals surface area contributed by atoms with Crippen LogP contribution in [-0.2, 0) is 33.4 Å². The minimum Gasteiger partial charge on any atom is -0.469 e. The van der Waals surface area contributed by atoms with Crippen LogP contribution in [0, 0.1) is 5.92 Å². The summed E-state index contributed by atoms with van der Waals surface area (Å²) in [5, 5.41) is 5.28. The van der Waals surface area contributed by atoms with Crippen LogP contribution in [0.4, 0.5) is 0 Å². The van der Waals surface area contributed by atoms with Crippen LogP contribution in [0.15, 0.2) is 85.0 Å². The van der Waals surface area contributed by atoms with Crippen molar-refractivity contribution in [2.75, 3.05) is 21.3 Å². The minimum absolute atomic E-state index is 0.0855. The quantitative estimate of drug-likeness (QED) is 0.170. The van der Waals surface area contributed by atoms with Crippen LogP contribution in [0.2, 0.25) is 0 Å². The molecule has 2 amide bonds. The second-order valence-electron chi connectivity index (χ2n) is 9.70. The van der Waals surface area contributed by atoms with Crippen molar-refractivity contribution in [1.82, 2.24) is 10.6 Å². The van der Waals surface area contributed by atoms with Crippen LogP contribution in [0.3, 0.4) is 0 Å². The van der Waals surface area contributed by atoms with Gasteiger partial charge >= 0.3 is 17.9 Å². The number of carbonyl (C=O) groups excluding carboxylic acids is 6. The van der Waals surface area contributed by atoms with E-state index >= 15 is 0 Å². The number of methoxy groups -OCH3 is 3. The van der Waals surface area contributed by atoms with E-state index in [9.17, 15) is 28.8 Å². The van der Waals surface area contributed by atoms with Gasteiger partial charge in [0, 0.05) is 17.5 Å². The molecule has 0 unspecified atom stereocenters. The Labute approximate surface area is 264 Å². The number of ketones is 1. The van der Waals surface area contributed by atoms with E-state index in [0.717, 1.165) is 0 Å². The molecule has 0 bridgehead atoms. The van der Waals surface area contributed by atoms with Gasteiger partial charge in [0.05, 0.1) is 27.2 Å². The molecule has 0 heterocycles. The Morgan fingerprint density at radius 2 is 1.02 bits per heavy atom. The Bertz CT molecular complexity index is 1310.